The highest BCUT2D eigenvalue weighted by Gasteiger charge is 1.94. The molecule has 0 N–H and O–H groups in total. The zero-order valence-corrected chi connectivity index (χ0v) is 5.69. The molecule has 42 valence electrons. The van der Waals surface area contributed by atoms with Crippen LogP contribution in [0.25, 0.3) is 0 Å². The van der Waals surface area contributed by atoms with Gasteiger partial charge in [-0.15, -0.1) is 0 Å². The molecule has 0 aromatic heterocycles. The summed E-state index contributed by atoms with van der Waals surface area (Å²) in [7, 11) is 0. The standard InChI is InChI=1S/C4H7BrO2/c1-2-3-4(6)7-5/h2-3H2,1H3. The Bertz CT molecular complexity index is 62.7. The SMILES string of the molecule is CCCC(=O)OBr. The van der Waals surface area contributed by atoms with Crippen molar-refractivity contribution in [3.05, 3.63) is 0 Å². The molecule has 0 amide bonds. The second kappa shape index (κ2) is 4.12. The molecule has 3 heteroatoms. The van der Waals surface area contributed by atoms with Gasteiger partial charge in [-0.05, 0) is 6.42 Å². The van der Waals surface area contributed by atoms with Crippen LogP contribution in [0.5, 0.6) is 0 Å². The summed E-state index contributed by atoms with van der Waals surface area (Å²) in [4.78, 5) is 10.1. The number of carbonyl (C=O) groups excluding carboxylic acids is 1. The molecular formula is C4H7BrO2. The van der Waals surface area contributed by atoms with E-state index in [0.29, 0.717) is 6.42 Å². The summed E-state index contributed by atoms with van der Waals surface area (Å²) in [5, 5.41) is 0. The van der Waals surface area contributed by atoms with Crippen molar-refractivity contribution in [1.82, 2.24) is 0 Å². The normalized spacial score (nSPS) is 8.29. The minimum Gasteiger partial charge on any atom is -0.384 e. The molecule has 2 nitrogen and oxygen atoms in total. The van der Waals surface area contributed by atoms with Crippen molar-refractivity contribution < 1.29 is 8.62 Å². The van der Waals surface area contributed by atoms with Crippen molar-refractivity contribution in [2.45, 2.75) is 19.8 Å². The summed E-state index contributed by atoms with van der Waals surface area (Å²) >= 11 is 2.57. The average Bonchev–Trinajstić information content (AvgIpc) is 1.68. The lowest BCUT2D eigenvalue weighted by atomic mass is 10.4. The third-order valence-corrected chi connectivity index (χ3v) is 0.901. The van der Waals surface area contributed by atoms with Crippen molar-refractivity contribution in [3.8, 4) is 0 Å². The number of halogens is 1. The zero-order valence-electron chi connectivity index (χ0n) is 4.11. The van der Waals surface area contributed by atoms with E-state index in [9.17, 15) is 4.79 Å². The van der Waals surface area contributed by atoms with E-state index >= 15 is 0 Å². The summed E-state index contributed by atoms with van der Waals surface area (Å²) in [5.41, 5.74) is 0. The monoisotopic (exact) mass is 166 g/mol. The molecule has 0 atom stereocenters. The second-order valence-corrected chi connectivity index (χ2v) is 1.52. The predicted octanol–water partition coefficient (Wildman–Crippen LogP) is 1.64. The van der Waals surface area contributed by atoms with Crippen molar-refractivity contribution in [1.29, 1.82) is 0 Å². The molecule has 0 spiro atoms. The number of hydrogen-bond donors (Lipinski definition) is 0. The first-order chi connectivity index (χ1) is 3.31. The fourth-order valence-electron chi connectivity index (χ4n) is 0.243. The first kappa shape index (κ1) is 6.95. The molecule has 0 aromatic rings. The van der Waals surface area contributed by atoms with Gasteiger partial charge < -0.3 is 3.83 Å². The lowest BCUT2D eigenvalue weighted by molar-refractivity contribution is -0.132. The van der Waals surface area contributed by atoms with E-state index in [1.807, 2.05) is 6.92 Å². The Hall–Kier alpha value is -0.0500. The van der Waals surface area contributed by atoms with E-state index < -0.39 is 0 Å². The third kappa shape index (κ3) is 3.79. The molecule has 0 aliphatic heterocycles. The van der Waals surface area contributed by atoms with Crippen LogP contribution in [0.3, 0.4) is 0 Å². The average molecular weight is 167 g/mol. The van der Waals surface area contributed by atoms with E-state index in [4.69, 9.17) is 0 Å². The van der Waals surface area contributed by atoms with Crippen molar-refractivity contribution in [3.63, 3.8) is 0 Å². The lowest BCUT2D eigenvalue weighted by Gasteiger charge is -1.87. The van der Waals surface area contributed by atoms with Crippen molar-refractivity contribution >= 4 is 22.2 Å². The fraction of sp³-hybridized carbons (Fsp3) is 0.750. The third-order valence-electron chi connectivity index (χ3n) is 0.540. The van der Waals surface area contributed by atoms with E-state index in [1.54, 1.807) is 0 Å². The maximum absolute atomic E-state index is 10.1. The molecular weight excluding hydrogens is 160 g/mol. The van der Waals surface area contributed by atoms with Crippen LogP contribution in [0.4, 0.5) is 0 Å². The van der Waals surface area contributed by atoms with Gasteiger partial charge >= 0.3 is 5.97 Å². The summed E-state index contributed by atoms with van der Waals surface area (Å²) in [5.74, 6) is -0.206. The van der Waals surface area contributed by atoms with Gasteiger partial charge in [-0.3, -0.25) is 4.79 Å². The number of rotatable bonds is 2. The topological polar surface area (TPSA) is 26.3 Å². The largest absolute Gasteiger partial charge is 0.384 e. The number of carbonyl (C=O) groups is 1. The van der Waals surface area contributed by atoms with Crippen LogP contribution in [-0.2, 0) is 8.62 Å². The molecule has 0 saturated heterocycles. The van der Waals surface area contributed by atoms with Gasteiger partial charge in [0.15, 0.2) is 16.3 Å². The van der Waals surface area contributed by atoms with Crippen LogP contribution in [0.2, 0.25) is 0 Å². The highest BCUT2D eigenvalue weighted by Crippen LogP contribution is 1.93. The van der Waals surface area contributed by atoms with Gasteiger partial charge in [0.2, 0.25) is 0 Å². The molecule has 0 saturated carbocycles. The van der Waals surface area contributed by atoms with Crippen molar-refractivity contribution in [2.75, 3.05) is 0 Å². The molecule has 0 aromatic carbocycles. The minimum absolute atomic E-state index is 0.206. The summed E-state index contributed by atoms with van der Waals surface area (Å²) in [6.07, 6.45) is 1.33. The fourth-order valence-corrected chi connectivity index (χ4v) is 0.405. The first-order valence-corrected chi connectivity index (χ1v) is 2.77. The van der Waals surface area contributed by atoms with Crippen LogP contribution < -0.4 is 0 Å². The quantitative estimate of drug-likeness (QED) is 0.624. The van der Waals surface area contributed by atoms with Crippen LogP contribution in [-0.4, -0.2) is 5.97 Å². The highest BCUT2D eigenvalue weighted by atomic mass is 79.9. The first-order valence-electron chi connectivity index (χ1n) is 2.12. The van der Waals surface area contributed by atoms with Gasteiger partial charge in [0.05, 0.1) is 0 Å². The van der Waals surface area contributed by atoms with Crippen LogP contribution >= 0.6 is 16.3 Å². The molecule has 0 rings (SSSR count). The Labute approximate surface area is 51.3 Å². The zero-order chi connectivity index (χ0) is 5.70. The highest BCUT2D eigenvalue weighted by molar-refractivity contribution is 9.06. The second-order valence-electron chi connectivity index (χ2n) is 1.20. The van der Waals surface area contributed by atoms with Crippen molar-refractivity contribution in [2.24, 2.45) is 0 Å². The van der Waals surface area contributed by atoms with E-state index in [-0.39, 0.29) is 5.97 Å². The molecule has 0 heterocycles. The van der Waals surface area contributed by atoms with Gasteiger partial charge in [0.25, 0.3) is 0 Å². The van der Waals surface area contributed by atoms with E-state index in [1.165, 1.54) is 0 Å². The Morgan fingerprint density at radius 2 is 2.43 bits per heavy atom. The van der Waals surface area contributed by atoms with Gasteiger partial charge in [0, 0.05) is 6.42 Å². The summed E-state index contributed by atoms with van der Waals surface area (Å²) < 4.78 is 4.16. The Balaban J connectivity index is 3.00. The van der Waals surface area contributed by atoms with Gasteiger partial charge in [0.1, 0.15) is 0 Å². The van der Waals surface area contributed by atoms with Gasteiger partial charge in [-0.2, -0.15) is 0 Å². The van der Waals surface area contributed by atoms with Crippen LogP contribution in [0, 0.1) is 0 Å². The van der Waals surface area contributed by atoms with E-state index in [0.717, 1.165) is 6.42 Å². The molecule has 0 fully saturated rings. The molecule has 0 unspecified atom stereocenters. The maximum atomic E-state index is 10.1. The van der Waals surface area contributed by atoms with Crippen LogP contribution in [0.1, 0.15) is 19.8 Å². The smallest absolute Gasteiger partial charge is 0.317 e. The summed E-state index contributed by atoms with van der Waals surface area (Å²) in [6.45, 7) is 1.92. The molecule has 0 bridgehead atoms. The van der Waals surface area contributed by atoms with Gasteiger partial charge in [-0.25, -0.2) is 0 Å². The van der Waals surface area contributed by atoms with Crippen LogP contribution in [0.15, 0.2) is 0 Å². The summed E-state index contributed by atoms with van der Waals surface area (Å²) in [6, 6.07) is 0. The maximum Gasteiger partial charge on any atom is 0.317 e. The Kier molecular flexibility index (Phi) is 4.09. The Morgan fingerprint density at radius 1 is 1.86 bits per heavy atom. The number of hydrogen-bond acceptors (Lipinski definition) is 2. The van der Waals surface area contributed by atoms with Gasteiger partial charge in [-0.1, -0.05) is 6.92 Å². The van der Waals surface area contributed by atoms with E-state index in [2.05, 4.69) is 20.1 Å². The predicted molar refractivity (Wildman–Crippen MR) is 29.9 cm³/mol. The molecule has 0 aliphatic carbocycles. The Morgan fingerprint density at radius 3 is 2.57 bits per heavy atom. The molecule has 0 radical (unpaired) electrons. The molecule has 0 aliphatic rings. The minimum atomic E-state index is -0.206. The molecule has 7 heavy (non-hydrogen) atoms. The lowest BCUT2D eigenvalue weighted by Crippen LogP contribution is -1.92.